The maximum Gasteiger partial charge on any atom is 0.303 e. The van der Waals surface area contributed by atoms with Crippen molar-refractivity contribution in [1.82, 2.24) is 0 Å². The molecule has 142 valence electrons. The van der Waals surface area contributed by atoms with E-state index in [0.29, 0.717) is 30.3 Å². The lowest BCUT2D eigenvalue weighted by molar-refractivity contribution is -0.137. The summed E-state index contributed by atoms with van der Waals surface area (Å²) in [6.45, 7) is 3.03. The fourth-order valence-corrected chi connectivity index (χ4v) is 4.15. The van der Waals surface area contributed by atoms with Crippen LogP contribution in [0.15, 0.2) is 24.3 Å². The third-order valence-electron chi connectivity index (χ3n) is 5.57. The number of aliphatic hydroxyl groups is 1. The lowest BCUT2D eigenvalue weighted by atomic mass is 9.85. The molecule has 1 saturated carbocycles. The molecule has 1 heterocycles. The fourth-order valence-electron chi connectivity index (χ4n) is 4.15. The number of carboxylic acid groups (broad SMARTS) is 1. The highest BCUT2D eigenvalue weighted by Crippen LogP contribution is 2.47. The normalized spacial score (nSPS) is 29.8. The second-order valence-corrected chi connectivity index (χ2v) is 7.55. The zero-order valence-electron chi connectivity index (χ0n) is 15.5. The van der Waals surface area contributed by atoms with Gasteiger partial charge >= 0.3 is 5.97 Å². The number of fused-ring (bicyclic) bond motifs is 2. The molecule has 2 bridgehead atoms. The highest BCUT2D eigenvalue weighted by molar-refractivity contribution is 5.66. The van der Waals surface area contributed by atoms with Gasteiger partial charge in [-0.25, -0.2) is 0 Å². The van der Waals surface area contributed by atoms with Gasteiger partial charge in [-0.3, -0.25) is 4.79 Å². The average molecular weight is 350 g/mol. The second kappa shape index (κ2) is 10.8. The Bertz CT molecular complexity index is 457. The fraction of sp³-hybridized carbons (Fsp3) is 0.762. The van der Waals surface area contributed by atoms with E-state index in [-0.39, 0.29) is 12.5 Å². The molecule has 4 heteroatoms. The summed E-state index contributed by atoms with van der Waals surface area (Å²) < 4.78 is 5.88. The maximum atomic E-state index is 10.5. The third kappa shape index (κ3) is 6.59. The molecule has 1 aliphatic heterocycles. The molecule has 0 aromatic heterocycles. The average Bonchev–Trinajstić information content (AvgIpc) is 3.17. The van der Waals surface area contributed by atoms with Crippen LogP contribution in [0.2, 0.25) is 0 Å². The summed E-state index contributed by atoms with van der Waals surface area (Å²) >= 11 is 0. The Labute approximate surface area is 152 Å². The van der Waals surface area contributed by atoms with Crippen LogP contribution in [0.3, 0.4) is 0 Å². The Balaban J connectivity index is 1.78. The van der Waals surface area contributed by atoms with Gasteiger partial charge < -0.3 is 14.9 Å². The smallest absolute Gasteiger partial charge is 0.303 e. The molecule has 0 unspecified atom stereocenters. The van der Waals surface area contributed by atoms with Crippen LogP contribution in [0, 0.1) is 17.8 Å². The van der Waals surface area contributed by atoms with Crippen LogP contribution in [0.1, 0.15) is 64.7 Å². The summed E-state index contributed by atoms with van der Waals surface area (Å²) in [4.78, 5) is 10.5. The molecule has 2 fully saturated rings. The van der Waals surface area contributed by atoms with Crippen molar-refractivity contribution in [2.24, 2.45) is 17.8 Å². The van der Waals surface area contributed by atoms with Crippen molar-refractivity contribution >= 4 is 5.97 Å². The van der Waals surface area contributed by atoms with Crippen molar-refractivity contribution < 1.29 is 19.7 Å². The number of carboxylic acids is 1. The van der Waals surface area contributed by atoms with E-state index in [1.54, 1.807) is 0 Å². The van der Waals surface area contributed by atoms with E-state index in [2.05, 4.69) is 25.2 Å². The minimum absolute atomic E-state index is 0.239. The van der Waals surface area contributed by atoms with Crippen molar-refractivity contribution in [3.8, 4) is 0 Å². The summed E-state index contributed by atoms with van der Waals surface area (Å²) in [6, 6.07) is 0. The number of aliphatic carboxylic acids is 1. The van der Waals surface area contributed by atoms with Gasteiger partial charge in [0.2, 0.25) is 0 Å². The Morgan fingerprint density at radius 3 is 2.88 bits per heavy atom. The zero-order valence-corrected chi connectivity index (χ0v) is 15.5. The van der Waals surface area contributed by atoms with Crippen molar-refractivity contribution in [1.29, 1.82) is 0 Å². The van der Waals surface area contributed by atoms with Gasteiger partial charge in [0.25, 0.3) is 0 Å². The molecule has 0 aromatic carbocycles. The Morgan fingerprint density at radius 2 is 2.12 bits per heavy atom. The van der Waals surface area contributed by atoms with E-state index >= 15 is 0 Å². The number of unbranched alkanes of at least 4 members (excludes halogenated alkanes) is 3. The Morgan fingerprint density at radius 1 is 1.28 bits per heavy atom. The highest BCUT2D eigenvalue weighted by Gasteiger charge is 2.46. The first kappa shape index (κ1) is 20.2. The van der Waals surface area contributed by atoms with Gasteiger partial charge in [-0.15, -0.1) is 0 Å². The number of carbonyl (C=O) groups is 1. The van der Waals surface area contributed by atoms with Crippen molar-refractivity contribution in [3.05, 3.63) is 24.3 Å². The first-order valence-corrected chi connectivity index (χ1v) is 9.96. The SMILES string of the molecule is CCCCC[C@H](O)/C=C\[C@H]1[C@@H]2CO[C@@H](C2)[C@@H]1C/C=C\CCCC(=O)O. The molecule has 4 nitrogen and oxygen atoms in total. The molecule has 2 rings (SSSR count). The van der Waals surface area contributed by atoms with Gasteiger partial charge in [0, 0.05) is 6.42 Å². The molecular formula is C21H34O4. The van der Waals surface area contributed by atoms with E-state index < -0.39 is 5.97 Å². The zero-order chi connectivity index (χ0) is 18.1. The lowest BCUT2D eigenvalue weighted by Gasteiger charge is -2.28. The summed E-state index contributed by atoms with van der Waals surface area (Å²) in [7, 11) is 0. The standard InChI is InChI=1S/C21H34O4/c1-2-3-6-9-17(22)12-13-18-16-14-20(25-15-16)19(18)10-7-4-5-8-11-21(23)24/h4,7,12-13,16-20,22H,2-3,5-6,8-11,14-15H2,1H3,(H,23,24)/b7-4-,13-12-/t16-,17-,18-,19+,20-/m0/s1. The first-order valence-electron chi connectivity index (χ1n) is 9.96. The molecule has 25 heavy (non-hydrogen) atoms. The molecule has 5 atom stereocenters. The predicted molar refractivity (Wildman–Crippen MR) is 99.4 cm³/mol. The number of aliphatic hydroxyl groups excluding tert-OH is 1. The number of hydrogen-bond donors (Lipinski definition) is 2. The van der Waals surface area contributed by atoms with Crippen LogP contribution < -0.4 is 0 Å². The molecule has 2 aliphatic rings. The summed E-state index contributed by atoms with van der Waals surface area (Å²) in [5.74, 6) is 0.865. The van der Waals surface area contributed by atoms with Crippen molar-refractivity contribution in [3.63, 3.8) is 0 Å². The van der Waals surface area contributed by atoms with Crippen LogP contribution >= 0.6 is 0 Å². The van der Waals surface area contributed by atoms with Gasteiger partial charge in [-0.05, 0) is 49.9 Å². The largest absolute Gasteiger partial charge is 0.481 e. The quantitative estimate of drug-likeness (QED) is 0.406. The minimum Gasteiger partial charge on any atom is -0.481 e. The predicted octanol–water partition coefficient (Wildman–Crippen LogP) is 4.34. The number of ether oxygens (including phenoxy) is 1. The van der Waals surface area contributed by atoms with Gasteiger partial charge in [0.1, 0.15) is 0 Å². The van der Waals surface area contributed by atoms with E-state index in [0.717, 1.165) is 38.7 Å². The number of hydrogen-bond acceptors (Lipinski definition) is 3. The van der Waals surface area contributed by atoms with Crippen molar-refractivity contribution in [2.45, 2.75) is 76.9 Å². The van der Waals surface area contributed by atoms with Crippen molar-refractivity contribution in [2.75, 3.05) is 6.61 Å². The summed E-state index contributed by atoms with van der Waals surface area (Å²) in [6.07, 6.45) is 16.8. The van der Waals surface area contributed by atoms with Gasteiger partial charge in [-0.2, -0.15) is 0 Å². The third-order valence-corrected chi connectivity index (χ3v) is 5.57. The van der Waals surface area contributed by atoms with Crippen LogP contribution in [0.5, 0.6) is 0 Å². The Kier molecular flexibility index (Phi) is 8.70. The van der Waals surface area contributed by atoms with Gasteiger partial charge in [0.05, 0.1) is 18.8 Å². The summed E-state index contributed by atoms with van der Waals surface area (Å²) in [5.41, 5.74) is 0. The van der Waals surface area contributed by atoms with Gasteiger partial charge in [0.15, 0.2) is 0 Å². The van der Waals surface area contributed by atoms with E-state index in [1.165, 1.54) is 12.8 Å². The van der Waals surface area contributed by atoms with E-state index in [9.17, 15) is 9.90 Å². The summed E-state index contributed by atoms with van der Waals surface area (Å²) in [5, 5.41) is 18.8. The van der Waals surface area contributed by atoms with Crippen LogP contribution in [0.4, 0.5) is 0 Å². The second-order valence-electron chi connectivity index (χ2n) is 7.55. The van der Waals surface area contributed by atoms with Crippen LogP contribution in [0.25, 0.3) is 0 Å². The highest BCUT2D eigenvalue weighted by atomic mass is 16.5. The number of allylic oxidation sites excluding steroid dienone is 3. The van der Waals surface area contributed by atoms with Gasteiger partial charge in [-0.1, -0.05) is 50.5 Å². The molecule has 1 saturated heterocycles. The van der Waals surface area contributed by atoms with E-state index in [4.69, 9.17) is 9.84 Å². The number of rotatable bonds is 12. The molecular weight excluding hydrogens is 316 g/mol. The molecule has 0 aromatic rings. The molecule has 0 spiro atoms. The molecule has 0 amide bonds. The Hall–Kier alpha value is -1.13. The molecule has 0 radical (unpaired) electrons. The van der Waals surface area contributed by atoms with E-state index in [1.807, 2.05) is 6.08 Å². The molecule has 2 N–H and O–H groups in total. The monoisotopic (exact) mass is 350 g/mol. The maximum absolute atomic E-state index is 10.5. The topological polar surface area (TPSA) is 66.8 Å². The minimum atomic E-state index is -0.724. The van der Waals surface area contributed by atoms with Crippen LogP contribution in [-0.2, 0) is 9.53 Å². The molecule has 1 aliphatic carbocycles. The first-order chi connectivity index (χ1) is 12.1. The lowest BCUT2D eigenvalue weighted by Crippen LogP contribution is -2.27. The van der Waals surface area contributed by atoms with Crippen LogP contribution in [-0.4, -0.2) is 35.0 Å².